The topological polar surface area (TPSA) is 74.8 Å². The number of aryl methyl sites for hydroxylation is 1. The summed E-state index contributed by atoms with van der Waals surface area (Å²) in [4.78, 5) is 55.2. The van der Waals surface area contributed by atoms with Crippen molar-refractivity contribution in [2.24, 2.45) is 35.5 Å². The first-order valence-electron chi connectivity index (χ1n) is 12.1. The lowest BCUT2D eigenvalue weighted by Crippen LogP contribution is -2.56. The molecule has 1 aliphatic heterocycles. The van der Waals surface area contributed by atoms with Crippen molar-refractivity contribution in [1.82, 2.24) is 10.0 Å². The summed E-state index contributed by atoms with van der Waals surface area (Å²) in [6.07, 6.45) is 5.16. The summed E-state index contributed by atoms with van der Waals surface area (Å²) in [7, 11) is 0. The first-order chi connectivity index (χ1) is 17.2. The molecule has 0 aromatic heterocycles. The van der Waals surface area contributed by atoms with Crippen LogP contribution in [0.25, 0.3) is 0 Å². The van der Waals surface area contributed by atoms with Gasteiger partial charge in [-0.05, 0) is 62.1 Å². The highest BCUT2D eigenvalue weighted by Gasteiger charge is 2.68. The third-order valence-corrected chi connectivity index (χ3v) is 8.85. The average molecular weight is 523 g/mol. The Morgan fingerprint density at radius 3 is 2.08 bits per heavy atom. The lowest BCUT2D eigenvalue weighted by Gasteiger charge is -2.37. The zero-order valence-electron chi connectivity index (χ0n) is 19.7. The molecule has 7 atom stereocenters. The molecule has 0 N–H and O–H groups in total. The van der Waals surface area contributed by atoms with Crippen LogP contribution >= 0.6 is 23.2 Å². The number of carbonyl (C=O) groups is 4. The normalized spacial score (nSPS) is 30.2. The summed E-state index contributed by atoms with van der Waals surface area (Å²) < 4.78 is 0. The molecule has 0 unspecified atom stereocenters. The van der Waals surface area contributed by atoms with Gasteiger partial charge in [-0.1, -0.05) is 65.2 Å². The molecule has 184 valence electrons. The van der Waals surface area contributed by atoms with E-state index in [9.17, 15) is 19.2 Å². The molecule has 3 fully saturated rings. The van der Waals surface area contributed by atoms with Crippen molar-refractivity contribution in [3.05, 3.63) is 81.4 Å². The van der Waals surface area contributed by atoms with Crippen molar-refractivity contribution in [1.29, 1.82) is 0 Å². The number of hydrazine groups is 1. The van der Waals surface area contributed by atoms with Crippen LogP contribution in [0.1, 0.15) is 39.6 Å². The number of imide groups is 1. The molecule has 4 aliphatic carbocycles. The summed E-state index contributed by atoms with van der Waals surface area (Å²) >= 11 is 12.4. The molecule has 0 radical (unpaired) electrons. The van der Waals surface area contributed by atoms with Crippen molar-refractivity contribution in [2.45, 2.75) is 26.3 Å². The van der Waals surface area contributed by atoms with Crippen molar-refractivity contribution in [3.63, 3.8) is 0 Å². The molecule has 2 saturated carbocycles. The van der Waals surface area contributed by atoms with Gasteiger partial charge in [0.15, 0.2) is 5.78 Å². The van der Waals surface area contributed by atoms with Crippen molar-refractivity contribution >= 4 is 46.7 Å². The molecule has 8 heteroatoms. The van der Waals surface area contributed by atoms with Gasteiger partial charge in [-0.2, -0.15) is 5.01 Å². The maximum absolute atomic E-state index is 13.9. The Hall–Kier alpha value is -2.96. The standard InChI is InChI=1S/C28H24Cl2N2O4/c1-13-3-5-15(6-4-13)25(33)14(2)31(26(34)19-8-7-16(29)11-22(19)30)32-27(35)23-17-9-10-18(21-12-20(17)21)24(23)28(32)36/h3-11,14,17-18,20-21,23-24H,12H2,1-2H3/t14-,17-,18-,20-,21+,23-,24+/m0/s1. The van der Waals surface area contributed by atoms with Crippen LogP contribution in [0.5, 0.6) is 0 Å². The van der Waals surface area contributed by atoms with Crippen molar-refractivity contribution in [2.75, 3.05) is 0 Å². The second kappa shape index (κ2) is 8.29. The number of carbonyl (C=O) groups excluding carboxylic acids is 4. The Morgan fingerprint density at radius 1 is 0.944 bits per heavy atom. The maximum atomic E-state index is 13.9. The molecule has 2 aromatic carbocycles. The zero-order valence-corrected chi connectivity index (χ0v) is 21.2. The Balaban J connectivity index is 1.42. The SMILES string of the molecule is Cc1ccc(C(=O)[C@H](C)N(C(=O)c2ccc(Cl)cc2Cl)N2C(=O)[C@@H]3[C@H]4C=C[C@@H]([C@@H]5C[C@H]45)[C@@H]3C2=O)cc1. The summed E-state index contributed by atoms with van der Waals surface area (Å²) in [5, 5.41) is 2.38. The summed E-state index contributed by atoms with van der Waals surface area (Å²) in [5.74, 6) is -2.12. The van der Waals surface area contributed by atoms with Crippen LogP contribution < -0.4 is 0 Å². The first kappa shape index (κ1) is 23.4. The predicted molar refractivity (Wildman–Crippen MR) is 134 cm³/mol. The van der Waals surface area contributed by atoms with E-state index in [1.807, 2.05) is 6.92 Å². The number of benzene rings is 2. The Kier molecular flexibility index (Phi) is 5.39. The van der Waals surface area contributed by atoms with E-state index in [4.69, 9.17) is 23.2 Å². The number of nitrogens with zero attached hydrogens (tertiary/aromatic N) is 2. The Bertz CT molecular complexity index is 1320. The number of allylic oxidation sites excluding steroid dienone is 2. The molecular formula is C28H24Cl2N2O4. The molecule has 1 saturated heterocycles. The zero-order chi connectivity index (χ0) is 25.5. The van der Waals surface area contributed by atoms with Gasteiger partial charge >= 0.3 is 0 Å². The summed E-state index contributed by atoms with van der Waals surface area (Å²) in [5.41, 5.74) is 1.42. The van der Waals surface area contributed by atoms with Gasteiger partial charge in [-0.15, -0.1) is 0 Å². The minimum absolute atomic E-state index is 0.00868. The third kappa shape index (κ3) is 3.38. The highest BCUT2D eigenvalue weighted by atomic mass is 35.5. The van der Waals surface area contributed by atoms with Gasteiger partial charge < -0.3 is 0 Å². The number of ketones is 1. The van der Waals surface area contributed by atoms with Gasteiger partial charge in [0.2, 0.25) is 0 Å². The number of amides is 3. The lowest BCUT2D eigenvalue weighted by atomic mass is 9.63. The lowest BCUT2D eigenvalue weighted by molar-refractivity contribution is -0.156. The van der Waals surface area contributed by atoms with Crippen molar-refractivity contribution in [3.8, 4) is 0 Å². The Morgan fingerprint density at radius 2 is 1.53 bits per heavy atom. The van der Waals surface area contributed by atoms with E-state index in [2.05, 4.69) is 12.2 Å². The van der Waals surface area contributed by atoms with Gasteiger partial charge in [0, 0.05) is 10.6 Å². The van der Waals surface area contributed by atoms with Crippen LogP contribution in [0, 0.1) is 42.4 Å². The van der Waals surface area contributed by atoms with E-state index in [0.29, 0.717) is 22.4 Å². The highest BCUT2D eigenvalue weighted by Crippen LogP contribution is 2.65. The third-order valence-electron chi connectivity index (χ3n) is 8.31. The number of rotatable bonds is 5. The van der Waals surface area contributed by atoms with Crippen LogP contribution in [0.4, 0.5) is 0 Å². The van der Waals surface area contributed by atoms with Gasteiger partial charge in [-0.3, -0.25) is 19.2 Å². The molecule has 7 rings (SSSR count). The maximum Gasteiger partial charge on any atom is 0.275 e. The monoisotopic (exact) mass is 522 g/mol. The quantitative estimate of drug-likeness (QED) is 0.315. The fourth-order valence-corrected chi connectivity index (χ4v) is 6.94. The van der Waals surface area contributed by atoms with E-state index in [1.54, 1.807) is 24.3 Å². The molecule has 0 spiro atoms. The van der Waals surface area contributed by atoms with Gasteiger partial charge in [-0.25, -0.2) is 5.01 Å². The largest absolute Gasteiger partial charge is 0.292 e. The number of halogens is 2. The molecule has 2 aromatic rings. The van der Waals surface area contributed by atoms with E-state index >= 15 is 0 Å². The summed E-state index contributed by atoms with van der Waals surface area (Å²) in [6, 6.07) is 10.2. The highest BCUT2D eigenvalue weighted by molar-refractivity contribution is 6.36. The minimum Gasteiger partial charge on any atom is -0.292 e. The molecular weight excluding hydrogens is 499 g/mol. The summed E-state index contributed by atoms with van der Waals surface area (Å²) in [6.45, 7) is 3.45. The van der Waals surface area contributed by atoms with E-state index in [0.717, 1.165) is 22.0 Å². The molecule has 5 aliphatic rings. The van der Waals surface area contributed by atoms with Crippen LogP contribution in [0.15, 0.2) is 54.6 Å². The smallest absolute Gasteiger partial charge is 0.275 e. The number of hydrogen-bond acceptors (Lipinski definition) is 4. The van der Waals surface area contributed by atoms with Gasteiger partial charge in [0.05, 0.1) is 22.4 Å². The minimum atomic E-state index is -1.12. The first-order valence-corrected chi connectivity index (χ1v) is 12.9. The fourth-order valence-electron chi connectivity index (χ4n) is 6.45. The van der Waals surface area contributed by atoms with Crippen molar-refractivity contribution < 1.29 is 19.2 Å². The molecule has 3 amide bonds. The Labute approximate surface area is 218 Å². The van der Waals surface area contributed by atoms with E-state index in [1.165, 1.54) is 25.1 Å². The van der Waals surface area contributed by atoms with Gasteiger partial charge in [0.25, 0.3) is 17.7 Å². The molecule has 1 heterocycles. The van der Waals surface area contributed by atoms with E-state index < -0.39 is 35.6 Å². The molecule has 6 nitrogen and oxygen atoms in total. The second-order valence-electron chi connectivity index (χ2n) is 10.3. The average Bonchev–Trinajstić information content (AvgIpc) is 3.64. The van der Waals surface area contributed by atoms with Crippen LogP contribution in [0.3, 0.4) is 0 Å². The van der Waals surface area contributed by atoms with Crippen LogP contribution in [-0.2, 0) is 9.59 Å². The van der Waals surface area contributed by atoms with Crippen LogP contribution in [0.2, 0.25) is 10.0 Å². The van der Waals surface area contributed by atoms with E-state index in [-0.39, 0.29) is 28.2 Å². The molecule has 36 heavy (non-hydrogen) atoms. The van der Waals surface area contributed by atoms with Gasteiger partial charge in [0.1, 0.15) is 6.04 Å². The molecule has 2 bridgehead atoms. The fraction of sp³-hybridized carbons (Fsp3) is 0.357. The predicted octanol–water partition coefficient (Wildman–Crippen LogP) is 4.98. The second-order valence-corrected chi connectivity index (χ2v) is 11.2. The number of Topliss-reactive ketones (excluding diaryl/α,β-unsaturated/α-hetero) is 1. The number of hydrogen-bond donors (Lipinski definition) is 0. The van der Waals surface area contributed by atoms with Crippen LogP contribution in [-0.4, -0.2) is 39.6 Å².